The number of rotatable bonds is 3. The molecule has 0 spiro atoms. The lowest BCUT2D eigenvalue weighted by atomic mass is 9.83. The van der Waals surface area contributed by atoms with Crippen molar-refractivity contribution in [2.24, 2.45) is 5.41 Å². The minimum atomic E-state index is -2.67. The number of carbonyl (C=O) groups is 1. The fourth-order valence-electron chi connectivity index (χ4n) is 1.82. The van der Waals surface area contributed by atoms with Gasteiger partial charge in [0.15, 0.2) is 0 Å². The molecule has 1 aliphatic rings. The Morgan fingerprint density at radius 2 is 2.15 bits per heavy atom. The van der Waals surface area contributed by atoms with Crippen LogP contribution in [0.15, 0.2) is 0 Å². The van der Waals surface area contributed by atoms with E-state index >= 15 is 0 Å². The molecule has 0 aromatic carbocycles. The molecule has 3 heteroatoms. The first-order valence-electron chi connectivity index (χ1n) is 4.31. The van der Waals surface area contributed by atoms with Crippen LogP contribution in [0.1, 0.15) is 32.1 Å². The highest BCUT2D eigenvalue weighted by Crippen LogP contribution is 2.48. The molecule has 72 valence electrons. The number of hydrogen-bond donors (Lipinski definition) is 0. The summed E-state index contributed by atoms with van der Waals surface area (Å²) in [6.07, 6.45) is 6.24. The van der Waals surface area contributed by atoms with Crippen molar-refractivity contribution in [3.8, 4) is 12.3 Å². The molecule has 1 unspecified atom stereocenters. The first kappa shape index (κ1) is 10.2. The van der Waals surface area contributed by atoms with Gasteiger partial charge in [0.2, 0.25) is 5.92 Å². The normalized spacial score (nSPS) is 31.2. The molecule has 1 nitrogen and oxygen atoms in total. The highest BCUT2D eigenvalue weighted by Gasteiger charge is 2.48. The molecule has 0 radical (unpaired) electrons. The van der Waals surface area contributed by atoms with Crippen molar-refractivity contribution in [2.45, 2.75) is 38.0 Å². The van der Waals surface area contributed by atoms with Gasteiger partial charge in [-0.15, -0.1) is 12.3 Å². The summed E-state index contributed by atoms with van der Waals surface area (Å²) in [5, 5.41) is 0. The molecule has 0 N–H and O–H groups in total. The van der Waals surface area contributed by atoms with E-state index in [1.165, 1.54) is 0 Å². The van der Waals surface area contributed by atoms with E-state index in [2.05, 4.69) is 5.92 Å². The van der Waals surface area contributed by atoms with Crippen LogP contribution in [0.2, 0.25) is 0 Å². The zero-order chi connectivity index (χ0) is 9.95. The lowest BCUT2D eigenvalue weighted by Gasteiger charge is -2.20. The number of alkyl halides is 2. The van der Waals surface area contributed by atoms with E-state index in [1.807, 2.05) is 0 Å². The molecule has 0 amide bonds. The summed E-state index contributed by atoms with van der Waals surface area (Å²) in [5.74, 6) is -0.294. The van der Waals surface area contributed by atoms with Gasteiger partial charge in [-0.2, -0.15) is 0 Å². The number of aldehydes is 1. The highest BCUT2D eigenvalue weighted by atomic mass is 19.3. The second-order valence-electron chi connectivity index (χ2n) is 3.72. The third-order valence-electron chi connectivity index (χ3n) is 2.62. The second-order valence-corrected chi connectivity index (χ2v) is 3.72. The molecule has 1 saturated carbocycles. The zero-order valence-corrected chi connectivity index (χ0v) is 7.35. The van der Waals surface area contributed by atoms with Gasteiger partial charge in [0, 0.05) is 24.7 Å². The Bertz CT molecular complexity index is 242. The Balaban J connectivity index is 2.64. The lowest BCUT2D eigenvalue weighted by molar-refractivity contribution is -0.118. The Morgan fingerprint density at radius 1 is 1.46 bits per heavy atom. The molecule has 0 aliphatic heterocycles. The maximum absolute atomic E-state index is 12.8. The van der Waals surface area contributed by atoms with Crippen LogP contribution in [-0.4, -0.2) is 12.2 Å². The van der Waals surface area contributed by atoms with Gasteiger partial charge >= 0.3 is 0 Å². The first-order valence-corrected chi connectivity index (χ1v) is 4.31. The molecule has 0 aromatic heterocycles. The molecule has 1 fully saturated rings. The fraction of sp³-hybridized carbons (Fsp3) is 0.700. The van der Waals surface area contributed by atoms with Gasteiger partial charge < -0.3 is 4.79 Å². The number of hydrogen-bond acceptors (Lipinski definition) is 1. The van der Waals surface area contributed by atoms with Gasteiger partial charge in [0.25, 0.3) is 0 Å². The van der Waals surface area contributed by atoms with Gasteiger partial charge in [-0.25, -0.2) is 8.78 Å². The summed E-state index contributed by atoms with van der Waals surface area (Å²) in [7, 11) is 0. The topological polar surface area (TPSA) is 17.1 Å². The third-order valence-corrected chi connectivity index (χ3v) is 2.62. The van der Waals surface area contributed by atoms with Crippen LogP contribution in [0.5, 0.6) is 0 Å². The van der Waals surface area contributed by atoms with E-state index in [-0.39, 0.29) is 19.3 Å². The van der Waals surface area contributed by atoms with Crippen LogP contribution >= 0.6 is 0 Å². The largest absolute Gasteiger partial charge is 0.303 e. The molecule has 0 bridgehead atoms. The average molecular weight is 186 g/mol. The molecule has 1 aliphatic carbocycles. The van der Waals surface area contributed by atoms with Crippen molar-refractivity contribution in [3.63, 3.8) is 0 Å². The van der Waals surface area contributed by atoms with Crippen molar-refractivity contribution < 1.29 is 13.6 Å². The number of terminal acetylenes is 1. The van der Waals surface area contributed by atoms with Gasteiger partial charge in [-0.1, -0.05) is 0 Å². The molecule has 0 saturated heterocycles. The summed E-state index contributed by atoms with van der Waals surface area (Å²) in [6.45, 7) is 0. The van der Waals surface area contributed by atoms with E-state index < -0.39 is 11.3 Å². The predicted octanol–water partition coefficient (Wildman–Crippen LogP) is 2.40. The van der Waals surface area contributed by atoms with Crippen LogP contribution in [0.3, 0.4) is 0 Å². The molecule has 1 atom stereocenters. The fourth-order valence-corrected chi connectivity index (χ4v) is 1.82. The van der Waals surface area contributed by atoms with E-state index in [4.69, 9.17) is 6.42 Å². The standard InChI is InChI=1S/C10H12F2O/c1-2-3-4-9(8-13)5-6-10(11,12)7-9/h1,8H,3-7H2. The predicted molar refractivity (Wildman–Crippen MR) is 45.4 cm³/mol. The number of halogens is 2. The van der Waals surface area contributed by atoms with E-state index in [0.29, 0.717) is 19.1 Å². The van der Waals surface area contributed by atoms with Gasteiger partial charge in [-0.3, -0.25) is 0 Å². The second kappa shape index (κ2) is 3.45. The molecule has 1 rings (SSSR count). The van der Waals surface area contributed by atoms with Crippen LogP contribution in [0.4, 0.5) is 8.78 Å². The van der Waals surface area contributed by atoms with Gasteiger partial charge in [0.1, 0.15) is 6.29 Å². The van der Waals surface area contributed by atoms with Gasteiger partial charge in [0.05, 0.1) is 0 Å². The van der Waals surface area contributed by atoms with Crippen molar-refractivity contribution >= 4 is 6.29 Å². The summed E-state index contributed by atoms with van der Waals surface area (Å²) >= 11 is 0. The summed E-state index contributed by atoms with van der Waals surface area (Å²) in [4.78, 5) is 10.7. The van der Waals surface area contributed by atoms with Gasteiger partial charge in [-0.05, 0) is 12.8 Å². The van der Waals surface area contributed by atoms with Crippen LogP contribution in [-0.2, 0) is 4.79 Å². The summed E-state index contributed by atoms with van der Waals surface area (Å²) < 4.78 is 25.7. The van der Waals surface area contributed by atoms with E-state index in [1.54, 1.807) is 0 Å². The van der Waals surface area contributed by atoms with Crippen molar-refractivity contribution in [1.29, 1.82) is 0 Å². The SMILES string of the molecule is C#CCCC1(C=O)CCC(F)(F)C1. The van der Waals surface area contributed by atoms with Crippen LogP contribution in [0, 0.1) is 17.8 Å². The van der Waals surface area contributed by atoms with Crippen molar-refractivity contribution in [2.75, 3.05) is 0 Å². The third kappa shape index (κ3) is 2.27. The smallest absolute Gasteiger partial charge is 0.249 e. The molecule has 13 heavy (non-hydrogen) atoms. The van der Waals surface area contributed by atoms with Crippen molar-refractivity contribution in [3.05, 3.63) is 0 Å². The Labute approximate surface area is 76.5 Å². The van der Waals surface area contributed by atoms with Crippen molar-refractivity contribution in [1.82, 2.24) is 0 Å². The zero-order valence-electron chi connectivity index (χ0n) is 7.35. The highest BCUT2D eigenvalue weighted by molar-refractivity contribution is 5.60. The summed E-state index contributed by atoms with van der Waals surface area (Å²) in [5.41, 5.74) is -0.851. The average Bonchev–Trinajstić information content (AvgIpc) is 2.40. The maximum atomic E-state index is 12.8. The molecular weight excluding hydrogens is 174 g/mol. The van der Waals surface area contributed by atoms with E-state index in [0.717, 1.165) is 0 Å². The minimum Gasteiger partial charge on any atom is -0.303 e. The lowest BCUT2D eigenvalue weighted by Crippen LogP contribution is -2.21. The summed E-state index contributed by atoms with van der Waals surface area (Å²) in [6, 6.07) is 0. The van der Waals surface area contributed by atoms with E-state index in [9.17, 15) is 13.6 Å². The van der Waals surface area contributed by atoms with Crippen LogP contribution in [0.25, 0.3) is 0 Å². The molecule has 0 aromatic rings. The maximum Gasteiger partial charge on any atom is 0.249 e. The Morgan fingerprint density at radius 3 is 2.54 bits per heavy atom. The van der Waals surface area contributed by atoms with Crippen LogP contribution < -0.4 is 0 Å². The molecular formula is C10H12F2O. The Hall–Kier alpha value is -0.910. The first-order chi connectivity index (χ1) is 6.04. The molecule has 0 heterocycles. The number of carbonyl (C=O) groups excluding carboxylic acids is 1. The Kier molecular flexibility index (Phi) is 2.70. The quantitative estimate of drug-likeness (QED) is 0.488. The minimum absolute atomic E-state index is 0.184. The monoisotopic (exact) mass is 186 g/mol.